The molecule has 0 aliphatic rings. The summed E-state index contributed by atoms with van der Waals surface area (Å²) in [6.07, 6.45) is 3.69. The molecule has 0 atom stereocenters. The van der Waals surface area contributed by atoms with E-state index in [0.717, 1.165) is 15.8 Å². The molecule has 0 N–H and O–H groups in total. The predicted molar refractivity (Wildman–Crippen MR) is 63.2 cm³/mol. The summed E-state index contributed by atoms with van der Waals surface area (Å²) in [5.74, 6) is 0. The molecule has 0 unspecified atom stereocenters. The van der Waals surface area contributed by atoms with Crippen LogP contribution in [0.3, 0.4) is 0 Å². The van der Waals surface area contributed by atoms with Crippen LogP contribution in [0, 0.1) is 0 Å². The standard InChI is InChI=1S/C12H9ClN2/c1-15-11-3-2-8(13)6-9(11)10-7-14-5-4-12(10)15/h2-7H,1H3. The van der Waals surface area contributed by atoms with Gasteiger partial charge in [-0.05, 0) is 24.3 Å². The Balaban J connectivity index is 2.64. The van der Waals surface area contributed by atoms with Gasteiger partial charge in [0.2, 0.25) is 0 Å². The summed E-state index contributed by atoms with van der Waals surface area (Å²) < 4.78 is 2.16. The van der Waals surface area contributed by atoms with E-state index >= 15 is 0 Å². The van der Waals surface area contributed by atoms with Crippen LogP contribution in [-0.2, 0) is 7.05 Å². The first-order valence-corrected chi connectivity index (χ1v) is 5.13. The van der Waals surface area contributed by atoms with Gasteiger partial charge in [-0.15, -0.1) is 0 Å². The average molecular weight is 217 g/mol. The molecule has 0 amide bonds. The molecule has 2 nitrogen and oxygen atoms in total. The van der Waals surface area contributed by atoms with Crippen molar-refractivity contribution < 1.29 is 0 Å². The summed E-state index contributed by atoms with van der Waals surface area (Å²) in [4.78, 5) is 4.15. The summed E-state index contributed by atoms with van der Waals surface area (Å²) >= 11 is 6.00. The van der Waals surface area contributed by atoms with Crippen molar-refractivity contribution in [2.45, 2.75) is 0 Å². The maximum Gasteiger partial charge on any atom is 0.0519 e. The molecule has 3 rings (SSSR count). The first kappa shape index (κ1) is 8.74. The van der Waals surface area contributed by atoms with Gasteiger partial charge in [0.05, 0.1) is 5.52 Å². The van der Waals surface area contributed by atoms with E-state index < -0.39 is 0 Å². The summed E-state index contributed by atoms with van der Waals surface area (Å²) in [6.45, 7) is 0. The second-order valence-electron chi connectivity index (χ2n) is 3.61. The molecule has 0 aliphatic carbocycles. The molecule has 3 aromatic rings. The van der Waals surface area contributed by atoms with Crippen LogP contribution in [0.2, 0.25) is 5.02 Å². The molecule has 3 heteroatoms. The number of aromatic nitrogens is 2. The van der Waals surface area contributed by atoms with Gasteiger partial charge < -0.3 is 4.57 Å². The fourth-order valence-corrected chi connectivity index (χ4v) is 2.21. The lowest BCUT2D eigenvalue weighted by Crippen LogP contribution is -1.85. The van der Waals surface area contributed by atoms with Gasteiger partial charge >= 0.3 is 0 Å². The van der Waals surface area contributed by atoms with Gasteiger partial charge in [-0.3, -0.25) is 4.98 Å². The molecule has 0 aliphatic heterocycles. The predicted octanol–water partition coefficient (Wildman–Crippen LogP) is 3.38. The zero-order valence-electron chi connectivity index (χ0n) is 8.24. The minimum atomic E-state index is 0.763. The van der Waals surface area contributed by atoms with E-state index in [4.69, 9.17) is 11.6 Å². The number of benzene rings is 1. The number of hydrogen-bond acceptors (Lipinski definition) is 1. The number of aryl methyl sites for hydroxylation is 1. The van der Waals surface area contributed by atoms with Gasteiger partial charge in [-0.1, -0.05) is 11.6 Å². The van der Waals surface area contributed by atoms with Crippen LogP contribution in [0.25, 0.3) is 21.8 Å². The number of rotatable bonds is 0. The normalized spacial score (nSPS) is 11.3. The van der Waals surface area contributed by atoms with E-state index in [1.807, 2.05) is 36.7 Å². The quantitative estimate of drug-likeness (QED) is 0.563. The molecular formula is C12H9ClN2. The highest BCUT2D eigenvalue weighted by molar-refractivity contribution is 6.31. The van der Waals surface area contributed by atoms with Gasteiger partial charge in [0.25, 0.3) is 0 Å². The first-order chi connectivity index (χ1) is 7.27. The Kier molecular flexibility index (Phi) is 1.73. The molecule has 15 heavy (non-hydrogen) atoms. The smallest absolute Gasteiger partial charge is 0.0519 e. The minimum Gasteiger partial charge on any atom is -0.344 e. The van der Waals surface area contributed by atoms with Crippen LogP contribution >= 0.6 is 11.6 Å². The molecule has 0 radical (unpaired) electrons. The lowest BCUT2D eigenvalue weighted by atomic mass is 10.2. The topological polar surface area (TPSA) is 17.8 Å². The lowest BCUT2D eigenvalue weighted by Gasteiger charge is -1.96. The van der Waals surface area contributed by atoms with E-state index in [9.17, 15) is 0 Å². The number of pyridine rings is 1. The second-order valence-corrected chi connectivity index (χ2v) is 4.05. The monoisotopic (exact) mass is 216 g/mol. The number of fused-ring (bicyclic) bond motifs is 3. The summed E-state index contributed by atoms with van der Waals surface area (Å²) in [6, 6.07) is 7.96. The molecule has 0 bridgehead atoms. The zero-order chi connectivity index (χ0) is 10.4. The van der Waals surface area contributed by atoms with Crippen LogP contribution in [0.1, 0.15) is 0 Å². The number of nitrogens with zero attached hydrogens (tertiary/aromatic N) is 2. The van der Waals surface area contributed by atoms with Crippen LogP contribution in [0.5, 0.6) is 0 Å². The summed E-state index contributed by atoms with van der Waals surface area (Å²) in [7, 11) is 2.05. The van der Waals surface area contributed by atoms with Gasteiger partial charge in [-0.2, -0.15) is 0 Å². The highest BCUT2D eigenvalue weighted by Crippen LogP contribution is 2.29. The molecule has 1 aromatic carbocycles. The molecule has 0 fully saturated rings. The fourth-order valence-electron chi connectivity index (χ4n) is 2.03. The van der Waals surface area contributed by atoms with E-state index in [-0.39, 0.29) is 0 Å². The van der Waals surface area contributed by atoms with Crippen molar-refractivity contribution in [3.05, 3.63) is 41.7 Å². The third-order valence-electron chi connectivity index (χ3n) is 2.77. The van der Waals surface area contributed by atoms with Crippen molar-refractivity contribution in [1.29, 1.82) is 0 Å². The third-order valence-corrected chi connectivity index (χ3v) is 3.00. The fraction of sp³-hybridized carbons (Fsp3) is 0.0833. The van der Waals surface area contributed by atoms with Gasteiger partial charge in [0.1, 0.15) is 0 Å². The van der Waals surface area contributed by atoms with Gasteiger partial charge in [0, 0.05) is 40.8 Å². The molecule has 0 spiro atoms. The highest BCUT2D eigenvalue weighted by Gasteiger charge is 2.07. The molecule has 2 aromatic heterocycles. The Labute approximate surface area is 92.1 Å². The van der Waals surface area contributed by atoms with Crippen molar-refractivity contribution in [3.63, 3.8) is 0 Å². The Morgan fingerprint density at radius 1 is 1.13 bits per heavy atom. The maximum absolute atomic E-state index is 6.00. The second kappa shape index (κ2) is 2.97. The minimum absolute atomic E-state index is 0.763. The van der Waals surface area contributed by atoms with Gasteiger partial charge in [-0.25, -0.2) is 0 Å². The maximum atomic E-state index is 6.00. The van der Waals surface area contributed by atoms with Crippen molar-refractivity contribution in [1.82, 2.24) is 9.55 Å². The van der Waals surface area contributed by atoms with E-state index in [1.54, 1.807) is 0 Å². The molecular weight excluding hydrogens is 208 g/mol. The molecule has 2 heterocycles. The first-order valence-electron chi connectivity index (χ1n) is 4.75. The summed E-state index contributed by atoms with van der Waals surface area (Å²) in [5, 5.41) is 3.07. The molecule has 74 valence electrons. The van der Waals surface area contributed by atoms with E-state index in [1.165, 1.54) is 11.0 Å². The largest absolute Gasteiger partial charge is 0.344 e. The Hall–Kier alpha value is -1.54. The summed E-state index contributed by atoms with van der Waals surface area (Å²) in [5.41, 5.74) is 2.37. The highest BCUT2D eigenvalue weighted by atomic mass is 35.5. The Morgan fingerprint density at radius 3 is 2.80 bits per heavy atom. The molecule has 0 saturated carbocycles. The Morgan fingerprint density at radius 2 is 1.93 bits per heavy atom. The number of halogens is 1. The molecule has 0 saturated heterocycles. The third kappa shape index (κ3) is 1.15. The lowest BCUT2D eigenvalue weighted by molar-refractivity contribution is 1.01. The zero-order valence-corrected chi connectivity index (χ0v) is 8.99. The van der Waals surface area contributed by atoms with Gasteiger partial charge in [0.15, 0.2) is 0 Å². The van der Waals surface area contributed by atoms with Crippen molar-refractivity contribution in [2.24, 2.45) is 7.05 Å². The van der Waals surface area contributed by atoms with Crippen LogP contribution in [0.4, 0.5) is 0 Å². The number of hydrogen-bond donors (Lipinski definition) is 0. The van der Waals surface area contributed by atoms with Crippen molar-refractivity contribution in [3.8, 4) is 0 Å². The SMILES string of the molecule is Cn1c2ccncc2c2cc(Cl)ccc21. The van der Waals surface area contributed by atoms with Crippen LogP contribution < -0.4 is 0 Å². The van der Waals surface area contributed by atoms with E-state index in [2.05, 4.69) is 16.6 Å². The van der Waals surface area contributed by atoms with E-state index in [0.29, 0.717) is 0 Å². The van der Waals surface area contributed by atoms with Crippen molar-refractivity contribution >= 4 is 33.4 Å². The Bertz CT molecular complexity index is 655. The van der Waals surface area contributed by atoms with Crippen molar-refractivity contribution in [2.75, 3.05) is 0 Å². The van der Waals surface area contributed by atoms with Crippen LogP contribution in [0.15, 0.2) is 36.7 Å². The van der Waals surface area contributed by atoms with Crippen LogP contribution in [-0.4, -0.2) is 9.55 Å². The average Bonchev–Trinajstić information content (AvgIpc) is 2.54.